The SMILES string of the molecule is N#CC1(CO)C(c2cccc(Cl)c2)C1S(=O)(=O)c1ccc(Cl)cc1. The summed E-state index contributed by atoms with van der Waals surface area (Å²) >= 11 is 11.8. The monoisotopic (exact) mass is 381 g/mol. The molecule has 1 aliphatic carbocycles. The van der Waals surface area contributed by atoms with Crippen molar-refractivity contribution < 1.29 is 13.5 Å². The molecule has 4 nitrogen and oxygen atoms in total. The van der Waals surface area contributed by atoms with E-state index in [1.807, 2.05) is 6.07 Å². The lowest BCUT2D eigenvalue weighted by Gasteiger charge is -2.06. The van der Waals surface area contributed by atoms with Crippen LogP contribution in [0.5, 0.6) is 0 Å². The number of aliphatic hydroxyl groups excluding tert-OH is 1. The zero-order chi connectivity index (χ0) is 17.5. The summed E-state index contributed by atoms with van der Waals surface area (Å²) in [4.78, 5) is 0.0782. The lowest BCUT2D eigenvalue weighted by Crippen LogP contribution is -2.18. The van der Waals surface area contributed by atoms with E-state index in [9.17, 15) is 18.8 Å². The Balaban J connectivity index is 2.08. The number of sulfone groups is 1. The van der Waals surface area contributed by atoms with E-state index in [4.69, 9.17) is 23.2 Å². The molecule has 124 valence electrons. The Kier molecular flexibility index (Phi) is 4.35. The van der Waals surface area contributed by atoms with E-state index in [2.05, 4.69) is 0 Å². The molecule has 3 atom stereocenters. The molecule has 1 N–H and O–H groups in total. The summed E-state index contributed by atoms with van der Waals surface area (Å²) in [6.45, 7) is -0.543. The van der Waals surface area contributed by atoms with Gasteiger partial charge in [-0.2, -0.15) is 5.26 Å². The molecule has 1 aliphatic rings. The van der Waals surface area contributed by atoms with E-state index in [0.29, 0.717) is 15.6 Å². The summed E-state index contributed by atoms with van der Waals surface area (Å²) in [7, 11) is -3.81. The van der Waals surface area contributed by atoms with E-state index >= 15 is 0 Å². The minimum atomic E-state index is -3.81. The van der Waals surface area contributed by atoms with Crippen LogP contribution in [0.2, 0.25) is 10.0 Å². The van der Waals surface area contributed by atoms with Crippen LogP contribution in [0.1, 0.15) is 11.5 Å². The third kappa shape index (κ3) is 2.60. The molecule has 3 unspecified atom stereocenters. The van der Waals surface area contributed by atoms with E-state index < -0.39 is 33.0 Å². The molecule has 0 spiro atoms. The van der Waals surface area contributed by atoms with E-state index in [1.165, 1.54) is 24.3 Å². The van der Waals surface area contributed by atoms with Gasteiger partial charge in [0.05, 0.1) is 22.8 Å². The highest BCUT2D eigenvalue weighted by molar-refractivity contribution is 7.92. The maximum absolute atomic E-state index is 13.0. The Labute approximate surface area is 150 Å². The maximum Gasteiger partial charge on any atom is 0.183 e. The quantitative estimate of drug-likeness (QED) is 0.879. The summed E-state index contributed by atoms with van der Waals surface area (Å²) in [5, 5.41) is 19.1. The predicted molar refractivity (Wildman–Crippen MR) is 91.8 cm³/mol. The van der Waals surface area contributed by atoms with Crippen LogP contribution >= 0.6 is 23.2 Å². The van der Waals surface area contributed by atoms with Crippen LogP contribution in [0.4, 0.5) is 0 Å². The summed E-state index contributed by atoms with van der Waals surface area (Å²) in [5.74, 6) is -0.633. The lowest BCUT2D eigenvalue weighted by molar-refractivity contribution is 0.242. The van der Waals surface area contributed by atoms with Crippen LogP contribution in [-0.4, -0.2) is 25.4 Å². The Morgan fingerprint density at radius 2 is 1.79 bits per heavy atom. The minimum absolute atomic E-state index is 0.0782. The average Bonchev–Trinajstić information content (AvgIpc) is 3.26. The van der Waals surface area contributed by atoms with Crippen molar-refractivity contribution in [3.63, 3.8) is 0 Å². The van der Waals surface area contributed by atoms with E-state index in [-0.39, 0.29) is 4.90 Å². The highest BCUT2D eigenvalue weighted by Crippen LogP contribution is 2.63. The fraction of sp³-hybridized carbons (Fsp3) is 0.235. The van der Waals surface area contributed by atoms with Gasteiger partial charge in [0.25, 0.3) is 0 Å². The molecule has 2 aromatic carbocycles. The Hall–Kier alpha value is -1.58. The molecular weight excluding hydrogens is 369 g/mol. The summed E-state index contributed by atoms with van der Waals surface area (Å²) in [6, 6.07) is 14.5. The van der Waals surface area contributed by atoms with Crippen molar-refractivity contribution in [2.75, 3.05) is 6.61 Å². The highest BCUT2D eigenvalue weighted by Gasteiger charge is 2.72. The van der Waals surface area contributed by atoms with Crippen LogP contribution < -0.4 is 0 Å². The number of halogens is 2. The Morgan fingerprint density at radius 3 is 2.33 bits per heavy atom. The van der Waals surface area contributed by atoms with Gasteiger partial charge >= 0.3 is 0 Å². The second-order valence-electron chi connectivity index (χ2n) is 5.76. The topological polar surface area (TPSA) is 78.2 Å². The van der Waals surface area contributed by atoms with Crippen LogP contribution in [0.15, 0.2) is 53.4 Å². The first-order valence-electron chi connectivity index (χ1n) is 7.14. The van der Waals surface area contributed by atoms with Gasteiger partial charge in [0.15, 0.2) is 9.84 Å². The van der Waals surface area contributed by atoms with Gasteiger partial charge in [-0.05, 0) is 42.0 Å². The number of aliphatic hydroxyl groups is 1. The van der Waals surface area contributed by atoms with Crippen LogP contribution in [-0.2, 0) is 9.84 Å². The number of benzene rings is 2. The molecule has 0 aromatic heterocycles. The second-order valence-corrected chi connectivity index (χ2v) is 8.70. The van der Waals surface area contributed by atoms with Crippen LogP contribution in [0, 0.1) is 16.7 Å². The second kappa shape index (κ2) is 6.05. The Morgan fingerprint density at radius 1 is 1.12 bits per heavy atom. The third-order valence-corrected chi connectivity index (χ3v) is 7.19. The van der Waals surface area contributed by atoms with Gasteiger partial charge in [0.1, 0.15) is 5.41 Å². The Bertz CT molecular complexity index is 922. The van der Waals surface area contributed by atoms with Gasteiger partial charge in [0, 0.05) is 16.0 Å². The molecule has 0 radical (unpaired) electrons. The molecule has 0 heterocycles. The molecule has 7 heteroatoms. The zero-order valence-electron chi connectivity index (χ0n) is 12.4. The van der Waals surface area contributed by atoms with Crippen molar-refractivity contribution in [1.82, 2.24) is 0 Å². The van der Waals surface area contributed by atoms with Crippen molar-refractivity contribution >= 4 is 33.0 Å². The number of hydrogen-bond acceptors (Lipinski definition) is 4. The van der Waals surface area contributed by atoms with Gasteiger partial charge in [-0.25, -0.2) is 8.42 Å². The fourth-order valence-corrected chi connectivity index (χ4v) is 5.80. The molecule has 0 saturated heterocycles. The van der Waals surface area contributed by atoms with Gasteiger partial charge in [-0.15, -0.1) is 0 Å². The summed E-state index contributed by atoms with van der Waals surface area (Å²) in [5.41, 5.74) is -0.746. The molecule has 1 saturated carbocycles. The van der Waals surface area contributed by atoms with E-state index in [0.717, 1.165) is 0 Å². The number of nitrogens with zero attached hydrogens (tertiary/aromatic N) is 1. The molecule has 0 bridgehead atoms. The standard InChI is InChI=1S/C17H13Cl2NO3S/c18-12-4-6-14(7-5-12)24(22,23)16-15(17(16,9-20)10-21)11-2-1-3-13(19)8-11/h1-8,15-16,21H,10H2. The predicted octanol–water partition coefficient (Wildman–Crippen LogP) is 3.44. The molecule has 0 amide bonds. The molecule has 0 aliphatic heterocycles. The van der Waals surface area contributed by atoms with Gasteiger partial charge in [-0.1, -0.05) is 35.3 Å². The minimum Gasteiger partial charge on any atom is -0.395 e. The largest absolute Gasteiger partial charge is 0.395 e. The average molecular weight is 382 g/mol. The van der Waals surface area contributed by atoms with E-state index in [1.54, 1.807) is 24.3 Å². The van der Waals surface area contributed by atoms with Crippen molar-refractivity contribution in [1.29, 1.82) is 5.26 Å². The first-order valence-corrected chi connectivity index (χ1v) is 9.44. The van der Waals surface area contributed by atoms with Crippen molar-refractivity contribution in [2.24, 2.45) is 5.41 Å². The molecule has 24 heavy (non-hydrogen) atoms. The van der Waals surface area contributed by atoms with Crippen molar-refractivity contribution in [3.8, 4) is 6.07 Å². The summed E-state index contributed by atoms with van der Waals surface area (Å²) < 4.78 is 25.9. The molecule has 2 aromatic rings. The first kappa shape index (κ1) is 17.2. The maximum atomic E-state index is 13.0. The van der Waals surface area contributed by atoms with Crippen molar-refractivity contribution in [2.45, 2.75) is 16.1 Å². The molecular formula is C17H13Cl2NO3S. The fourth-order valence-electron chi connectivity index (χ4n) is 3.16. The number of nitriles is 1. The smallest absolute Gasteiger partial charge is 0.183 e. The highest BCUT2D eigenvalue weighted by atomic mass is 35.5. The number of hydrogen-bond donors (Lipinski definition) is 1. The molecule has 1 fully saturated rings. The number of rotatable bonds is 4. The first-order chi connectivity index (χ1) is 11.4. The van der Waals surface area contributed by atoms with Gasteiger partial charge in [-0.3, -0.25) is 0 Å². The third-order valence-electron chi connectivity index (χ3n) is 4.41. The van der Waals surface area contributed by atoms with Crippen LogP contribution in [0.25, 0.3) is 0 Å². The summed E-state index contributed by atoms with van der Waals surface area (Å²) in [6.07, 6.45) is 0. The zero-order valence-corrected chi connectivity index (χ0v) is 14.7. The normalized spacial score (nSPS) is 25.9. The lowest BCUT2D eigenvalue weighted by atomic mass is 10.0. The van der Waals surface area contributed by atoms with Gasteiger partial charge in [0.2, 0.25) is 0 Å². The molecule has 3 rings (SSSR count). The van der Waals surface area contributed by atoms with Crippen LogP contribution in [0.3, 0.4) is 0 Å². The van der Waals surface area contributed by atoms with Gasteiger partial charge < -0.3 is 5.11 Å². The van der Waals surface area contributed by atoms with Crippen molar-refractivity contribution in [3.05, 3.63) is 64.1 Å².